The summed E-state index contributed by atoms with van der Waals surface area (Å²) in [7, 11) is 0. The molecule has 9 aromatic rings. The average molecular weight is 652 g/mol. The van der Waals surface area contributed by atoms with Crippen molar-refractivity contribution in [3.05, 3.63) is 199 Å². The Hall–Kier alpha value is -6.44. The molecule has 0 amide bonds. The third-order valence-corrected chi connectivity index (χ3v) is 10.3. The fourth-order valence-corrected chi connectivity index (χ4v) is 7.74. The van der Waals surface area contributed by atoms with Crippen LogP contribution < -0.4 is 0 Å². The molecule has 0 bridgehead atoms. The lowest BCUT2D eigenvalue weighted by molar-refractivity contribution is 1.17. The summed E-state index contributed by atoms with van der Waals surface area (Å²) < 4.78 is 2.45. The van der Waals surface area contributed by atoms with E-state index in [9.17, 15) is 0 Å². The van der Waals surface area contributed by atoms with Gasteiger partial charge in [-0.2, -0.15) is 0 Å². The molecule has 0 atom stereocenters. The van der Waals surface area contributed by atoms with E-state index in [0.717, 1.165) is 16.7 Å². The molecule has 0 aliphatic rings. The molecule has 242 valence electrons. The number of aromatic nitrogens is 1. The zero-order valence-electron chi connectivity index (χ0n) is 28.8. The van der Waals surface area contributed by atoms with Crippen LogP contribution in [0, 0.1) is 13.8 Å². The second-order valence-electron chi connectivity index (χ2n) is 13.4. The topological polar surface area (TPSA) is 4.93 Å². The predicted octanol–water partition coefficient (Wildman–Crippen LogP) is 13.8. The van der Waals surface area contributed by atoms with Crippen LogP contribution in [0.15, 0.2) is 188 Å². The fourth-order valence-electron chi connectivity index (χ4n) is 7.74. The SMILES string of the molecule is Cc1ccccc1-c1cc(-c2ccc3c(c2)c2ccccc2c2ccccc2c2ccccc2n3-c2ccc(-c3ccccc3)cc2)ccc1C. The van der Waals surface area contributed by atoms with Gasteiger partial charge in [0.05, 0.1) is 11.0 Å². The Morgan fingerprint density at radius 3 is 1.47 bits per heavy atom. The van der Waals surface area contributed by atoms with Crippen molar-refractivity contribution in [3.63, 3.8) is 0 Å². The van der Waals surface area contributed by atoms with Gasteiger partial charge in [0.1, 0.15) is 0 Å². The monoisotopic (exact) mass is 651 g/mol. The molecule has 0 aliphatic carbocycles. The summed E-state index contributed by atoms with van der Waals surface area (Å²) in [4.78, 5) is 0. The molecule has 0 radical (unpaired) electrons. The second-order valence-corrected chi connectivity index (χ2v) is 13.4. The maximum absolute atomic E-state index is 2.45. The van der Waals surface area contributed by atoms with Crippen LogP contribution in [0.2, 0.25) is 0 Å². The van der Waals surface area contributed by atoms with Crippen molar-refractivity contribution in [1.82, 2.24) is 4.57 Å². The van der Waals surface area contributed by atoms with Gasteiger partial charge in [-0.3, -0.25) is 0 Å². The number of benzene rings is 8. The minimum absolute atomic E-state index is 1.12. The maximum atomic E-state index is 2.45. The number of aryl methyl sites for hydroxylation is 2. The van der Waals surface area contributed by atoms with E-state index in [4.69, 9.17) is 0 Å². The van der Waals surface area contributed by atoms with Gasteiger partial charge < -0.3 is 4.57 Å². The summed E-state index contributed by atoms with van der Waals surface area (Å²) in [6.45, 7) is 4.41. The number of hydrogen-bond donors (Lipinski definition) is 0. The van der Waals surface area contributed by atoms with E-state index in [1.54, 1.807) is 0 Å². The molecular formula is C50H37N. The van der Waals surface area contributed by atoms with Crippen LogP contribution in [-0.2, 0) is 0 Å². The molecule has 0 N–H and O–H groups in total. The molecule has 0 unspecified atom stereocenters. The molecule has 0 spiro atoms. The van der Waals surface area contributed by atoms with E-state index in [2.05, 4.69) is 206 Å². The summed E-state index contributed by atoms with van der Waals surface area (Å²) in [6.07, 6.45) is 0. The van der Waals surface area contributed by atoms with E-state index in [0.29, 0.717) is 0 Å². The quantitative estimate of drug-likeness (QED) is 0.178. The normalized spacial score (nSPS) is 11.3. The average Bonchev–Trinajstić information content (AvgIpc) is 3.23. The van der Waals surface area contributed by atoms with Crippen LogP contribution in [0.3, 0.4) is 0 Å². The van der Waals surface area contributed by atoms with Crippen molar-refractivity contribution >= 4 is 43.4 Å². The van der Waals surface area contributed by atoms with E-state index < -0.39 is 0 Å². The summed E-state index contributed by atoms with van der Waals surface area (Å²) in [5.41, 5.74) is 13.3. The first-order chi connectivity index (χ1) is 25.1. The fraction of sp³-hybridized carbons (Fsp3) is 0.0400. The summed E-state index contributed by atoms with van der Waals surface area (Å²) >= 11 is 0. The van der Waals surface area contributed by atoms with Crippen LogP contribution in [-0.4, -0.2) is 4.57 Å². The molecule has 8 aromatic carbocycles. The van der Waals surface area contributed by atoms with Crippen molar-refractivity contribution < 1.29 is 0 Å². The highest BCUT2D eigenvalue weighted by Crippen LogP contribution is 2.37. The van der Waals surface area contributed by atoms with E-state index in [1.165, 1.54) is 76.8 Å². The first-order valence-corrected chi connectivity index (χ1v) is 17.7. The van der Waals surface area contributed by atoms with Gasteiger partial charge in [-0.1, -0.05) is 152 Å². The van der Waals surface area contributed by atoms with Gasteiger partial charge in [0.2, 0.25) is 0 Å². The standard InChI is InChI=1S/C50H37N/c1-34-14-6-7-17-41(34)47-32-38(25-24-35(47)2)39-28-31-50-48(33-39)45-21-11-9-19-43(45)42-18-8-10-20-44(42)46-22-12-13-23-49(46)51(50)40-29-26-37(27-30-40)36-15-4-3-5-16-36/h3-33H,1-2H3. The zero-order valence-corrected chi connectivity index (χ0v) is 28.8. The van der Waals surface area contributed by atoms with Crippen LogP contribution in [0.5, 0.6) is 0 Å². The summed E-state index contributed by atoms with van der Waals surface area (Å²) in [5.74, 6) is 0. The largest absolute Gasteiger partial charge is 0.309 e. The lowest BCUT2D eigenvalue weighted by atomic mass is 9.92. The van der Waals surface area contributed by atoms with Crippen LogP contribution in [0.4, 0.5) is 0 Å². The molecule has 0 aliphatic heterocycles. The lowest BCUT2D eigenvalue weighted by Gasteiger charge is -2.16. The lowest BCUT2D eigenvalue weighted by Crippen LogP contribution is -1.98. The minimum Gasteiger partial charge on any atom is -0.309 e. The second kappa shape index (κ2) is 12.8. The van der Waals surface area contributed by atoms with Crippen LogP contribution in [0.25, 0.3) is 82.4 Å². The number of hydrogen-bond acceptors (Lipinski definition) is 0. The predicted molar refractivity (Wildman–Crippen MR) is 219 cm³/mol. The maximum Gasteiger partial charge on any atom is 0.0540 e. The molecule has 1 aromatic heterocycles. The third-order valence-electron chi connectivity index (χ3n) is 10.3. The first-order valence-electron chi connectivity index (χ1n) is 17.7. The molecule has 1 heterocycles. The Labute approximate surface area is 299 Å². The van der Waals surface area contributed by atoms with E-state index >= 15 is 0 Å². The van der Waals surface area contributed by atoms with Gasteiger partial charge >= 0.3 is 0 Å². The molecule has 0 fully saturated rings. The molecule has 0 saturated carbocycles. The van der Waals surface area contributed by atoms with Gasteiger partial charge in [0, 0.05) is 16.5 Å². The highest BCUT2D eigenvalue weighted by molar-refractivity contribution is 6.19. The molecule has 1 heteroatoms. The first kappa shape index (κ1) is 30.6. The van der Waals surface area contributed by atoms with E-state index in [1.807, 2.05) is 0 Å². The molecule has 0 saturated heterocycles. The van der Waals surface area contributed by atoms with Gasteiger partial charge in [0.25, 0.3) is 0 Å². The smallest absolute Gasteiger partial charge is 0.0540 e. The number of para-hydroxylation sites is 1. The Kier molecular flexibility index (Phi) is 7.67. The highest BCUT2D eigenvalue weighted by atomic mass is 15.0. The van der Waals surface area contributed by atoms with Gasteiger partial charge in [-0.05, 0) is 116 Å². The zero-order chi connectivity index (χ0) is 34.3. The molecular weight excluding hydrogens is 615 g/mol. The molecule has 9 rings (SSSR count). The van der Waals surface area contributed by atoms with E-state index in [-0.39, 0.29) is 0 Å². The van der Waals surface area contributed by atoms with Crippen molar-refractivity contribution in [1.29, 1.82) is 0 Å². The Balaban J connectivity index is 1.41. The van der Waals surface area contributed by atoms with Crippen LogP contribution in [0.1, 0.15) is 11.1 Å². The number of nitrogens with zero attached hydrogens (tertiary/aromatic N) is 1. The highest BCUT2D eigenvalue weighted by Gasteiger charge is 2.13. The van der Waals surface area contributed by atoms with Crippen molar-refractivity contribution in [2.24, 2.45) is 0 Å². The van der Waals surface area contributed by atoms with Crippen molar-refractivity contribution in [2.45, 2.75) is 13.8 Å². The van der Waals surface area contributed by atoms with Gasteiger partial charge in [-0.25, -0.2) is 0 Å². The Morgan fingerprint density at radius 1 is 0.294 bits per heavy atom. The minimum atomic E-state index is 1.12. The number of rotatable bonds is 4. The summed E-state index contributed by atoms with van der Waals surface area (Å²) in [5, 5.41) is 7.29. The molecule has 1 nitrogen and oxygen atoms in total. The Bertz CT molecular complexity index is 2800. The number of fused-ring (bicyclic) bond motifs is 7. The van der Waals surface area contributed by atoms with Gasteiger partial charge in [-0.15, -0.1) is 0 Å². The Morgan fingerprint density at radius 2 is 0.765 bits per heavy atom. The summed E-state index contributed by atoms with van der Waals surface area (Å²) in [6, 6.07) is 68.8. The third kappa shape index (κ3) is 5.44. The molecule has 51 heavy (non-hydrogen) atoms. The van der Waals surface area contributed by atoms with Crippen molar-refractivity contribution in [2.75, 3.05) is 0 Å². The van der Waals surface area contributed by atoms with Crippen molar-refractivity contribution in [3.8, 4) is 39.1 Å². The van der Waals surface area contributed by atoms with Crippen LogP contribution >= 0.6 is 0 Å². The van der Waals surface area contributed by atoms with Gasteiger partial charge in [0.15, 0.2) is 0 Å².